The van der Waals surface area contributed by atoms with Crippen molar-refractivity contribution in [2.75, 3.05) is 19.6 Å². The standard InChI is InChI=1S/C18H23N5O3/c1-12-2-3-13(26-12)9-22-7-5-19-18(25)16(22)8-17(24)23-6-4-14-15(10-23)21-11-20-14/h2-3,11,16H,4-10H2,1H3,(H,19,25)(H,20,21). The van der Waals surface area contributed by atoms with Crippen LogP contribution in [0, 0.1) is 6.92 Å². The number of aryl methyl sites for hydroxylation is 1. The van der Waals surface area contributed by atoms with E-state index in [1.165, 1.54) is 0 Å². The zero-order valence-electron chi connectivity index (χ0n) is 14.8. The second-order valence-electron chi connectivity index (χ2n) is 6.89. The predicted octanol–water partition coefficient (Wildman–Crippen LogP) is 0.587. The number of hydrogen-bond donors (Lipinski definition) is 2. The molecule has 2 amide bonds. The lowest BCUT2D eigenvalue weighted by Crippen LogP contribution is -2.56. The van der Waals surface area contributed by atoms with E-state index in [0.29, 0.717) is 32.7 Å². The summed E-state index contributed by atoms with van der Waals surface area (Å²) in [5.41, 5.74) is 2.01. The highest BCUT2D eigenvalue weighted by Crippen LogP contribution is 2.20. The van der Waals surface area contributed by atoms with Gasteiger partial charge in [-0.2, -0.15) is 0 Å². The molecule has 0 aliphatic carbocycles. The number of carbonyl (C=O) groups is 2. The lowest BCUT2D eigenvalue weighted by atomic mass is 10.1. The first kappa shape index (κ1) is 16.8. The van der Waals surface area contributed by atoms with E-state index in [1.807, 2.05) is 24.0 Å². The summed E-state index contributed by atoms with van der Waals surface area (Å²) in [6, 6.07) is 3.37. The zero-order valence-corrected chi connectivity index (χ0v) is 14.8. The number of fused-ring (bicyclic) bond motifs is 1. The van der Waals surface area contributed by atoms with E-state index in [9.17, 15) is 9.59 Å². The molecule has 4 rings (SSSR count). The highest BCUT2D eigenvalue weighted by atomic mass is 16.3. The average Bonchev–Trinajstić information content (AvgIpc) is 3.25. The molecule has 2 aliphatic rings. The van der Waals surface area contributed by atoms with E-state index < -0.39 is 6.04 Å². The minimum absolute atomic E-state index is 0.00655. The summed E-state index contributed by atoms with van der Waals surface area (Å²) in [5, 5.41) is 2.87. The monoisotopic (exact) mass is 357 g/mol. The van der Waals surface area contributed by atoms with Crippen molar-refractivity contribution in [1.29, 1.82) is 0 Å². The summed E-state index contributed by atoms with van der Waals surface area (Å²) in [5.74, 6) is 1.56. The first-order chi connectivity index (χ1) is 12.6. The summed E-state index contributed by atoms with van der Waals surface area (Å²) in [7, 11) is 0. The Labute approximate surface area is 151 Å². The van der Waals surface area contributed by atoms with Crippen molar-refractivity contribution in [2.24, 2.45) is 0 Å². The molecule has 26 heavy (non-hydrogen) atoms. The number of aromatic amines is 1. The summed E-state index contributed by atoms with van der Waals surface area (Å²) < 4.78 is 5.64. The van der Waals surface area contributed by atoms with E-state index >= 15 is 0 Å². The number of nitrogens with one attached hydrogen (secondary N) is 2. The highest BCUT2D eigenvalue weighted by molar-refractivity contribution is 5.88. The van der Waals surface area contributed by atoms with Gasteiger partial charge in [-0.15, -0.1) is 0 Å². The molecule has 0 spiro atoms. The van der Waals surface area contributed by atoms with Crippen LogP contribution in [0.2, 0.25) is 0 Å². The number of aromatic nitrogens is 2. The van der Waals surface area contributed by atoms with Crippen LogP contribution in [0.25, 0.3) is 0 Å². The van der Waals surface area contributed by atoms with E-state index in [2.05, 4.69) is 15.3 Å². The first-order valence-corrected chi connectivity index (χ1v) is 8.96. The fraction of sp³-hybridized carbons (Fsp3) is 0.500. The number of amides is 2. The van der Waals surface area contributed by atoms with Crippen molar-refractivity contribution in [3.63, 3.8) is 0 Å². The van der Waals surface area contributed by atoms with Crippen LogP contribution in [-0.2, 0) is 29.1 Å². The third-order valence-corrected chi connectivity index (χ3v) is 5.09. The SMILES string of the molecule is Cc1ccc(CN2CCNC(=O)C2CC(=O)N2CCc3nc[nH]c3C2)o1. The second-order valence-corrected chi connectivity index (χ2v) is 6.89. The van der Waals surface area contributed by atoms with Gasteiger partial charge in [0.2, 0.25) is 11.8 Å². The first-order valence-electron chi connectivity index (χ1n) is 8.96. The molecule has 8 nitrogen and oxygen atoms in total. The molecule has 0 aromatic carbocycles. The van der Waals surface area contributed by atoms with Gasteiger partial charge in [-0.25, -0.2) is 4.98 Å². The van der Waals surface area contributed by atoms with Crippen molar-refractivity contribution < 1.29 is 14.0 Å². The molecule has 0 bridgehead atoms. The van der Waals surface area contributed by atoms with Crippen molar-refractivity contribution in [2.45, 2.75) is 38.9 Å². The van der Waals surface area contributed by atoms with Gasteiger partial charge in [0.15, 0.2) is 0 Å². The highest BCUT2D eigenvalue weighted by Gasteiger charge is 2.34. The van der Waals surface area contributed by atoms with Crippen molar-refractivity contribution >= 4 is 11.8 Å². The number of H-pyrrole nitrogens is 1. The minimum Gasteiger partial charge on any atom is -0.465 e. The quantitative estimate of drug-likeness (QED) is 0.835. The molecular formula is C18H23N5O3. The van der Waals surface area contributed by atoms with Crippen LogP contribution in [0.5, 0.6) is 0 Å². The van der Waals surface area contributed by atoms with Crippen LogP contribution in [0.1, 0.15) is 29.3 Å². The van der Waals surface area contributed by atoms with Gasteiger partial charge in [0.1, 0.15) is 11.5 Å². The third kappa shape index (κ3) is 3.37. The maximum absolute atomic E-state index is 12.8. The number of nitrogens with zero attached hydrogens (tertiary/aromatic N) is 3. The molecule has 1 atom stereocenters. The van der Waals surface area contributed by atoms with Crippen LogP contribution in [0.15, 0.2) is 22.9 Å². The summed E-state index contributed by atoms with van der Waals surface area (Å²) in [6.45, 7) is 4.89. The molecule has 138 valence electrons. The Morgan fingerprint density at radius 1 is 1.38 bits per heavy atom. The summed E-state index contributed by atoms with van der Waals surface area (Å²) in [4.78, 5) is 36.4. The zero-order chi connectivity index (χ0) is 18.1. The molecule has 2 aromatic rings. The maximum Gasteiger partial charge on any atom is 0.237 e. The Morgan fingerprint density at radius 2 is 2.27 bits per heavy atom. The Kier molecular flexibility index (Phi) is 4.50. The second kappa shape index (κ2) is 6.95. The van der Waals surface area contributed by atoms with Gasteiger partial charge in [0.05, 0.1) is 43.3 Å². The molecule has 1 saturated heterocycles. The molecule has 0 radical (unpaired) electrons. The number of hydrogen-bond acceptors (Lipinski definition) is 5. The predicted molar refractivity (Wildman–Crippen MR) is 93.0 cm³/mol. The van der Waals surface area contributed by atoms with Gasteiger partial charge in [-0.3, -0.25) is 14.5 Å². The number of rotatable bonds is 4. The van der Waals surface area contributed by atoms with E-state index in [-0.39, 0.29) is 18.2 Å². The number of furan rings is 1. The maximum atomic E-state index is 12.8. The lowest BCUT2D eigenvalue weighted by molar-refractivity contribution is -0.139. The Balaban J connectivity index is 1.43. The van der Waals surface area contributed by atoms with Gasteiger partial charge >= 0.3 is 0 Å². The molecule has 1 unspecified atom stereocenters. The summed E-state index contributed by atoms with van der Waals surface area (Å²) in [6.07, 6.45) is 2.59. The molecule has 1 fully saturated rings. The van der Waals surface area contributed by atoms with Gasteiger partial charge in [-0.05, 0) is 19.1 Å². The van der Waals surface area contributed by atoms with Crippen LogP contribution >= 0.6 is 0 Å². The van der Waals surface area contributed by atoms with Crippen LogP contribution in [-0.4, -0.2) is 57.3 Å². The van der Waals surface area contributed by atoms with Crippen LogP contribution < -0.4 is 5.32 Å². The Morgan fingerprint density at radius 3 is 3.08 bits per heavy atom. The molecule has 2 aromatic heterocycles. The lowest BCUT2D eigenvalue weighted by Gasteiger charge is -2.35. The smallest absolute Gasteiger partial charge is 0.237 e. The number of piperazine rings is 1. The molecule has 0 saturated carbocycles. The van der Waals surface area contributed by atoms with Crippen molar-refractivity contribution in [3.05, 3.63) is 41.4 Å². The number of carbonyl (C=O) groups excluding carboxylic acids is 2. The van der Waals surface area contributed by atoms with Crippen LogP contribution in [0.3, 0.4) is 0 Å². The van der Waals surface area contributed by atoms with Crippen LogP contribution in [0.4, 0.5) is 0 Å². The molecule has 8 heteroatoms. The minimum atomic E-state index is -0.468. The molecule has 4 heterocycles. The van der Waals surface area contributed by atoms with Crippen molar-refractivity contribution in [3.8, 4) is 0 Å². The molecule has 2 N–H and O–H groups in total. The fourth-order valence-corrected chi connectivity index (χ4v) is 3.66. The Hall–Kier alpha value is -2.61. The van der Waals surface area contributed by atoms with Gasteiger partial charge in [0.25, 0.3) is 0 Å². The average molecular weight is 357 g/mol. The van der Waals surface area contributed by atoms with Gasteiger partial charge < -0.3 is 19.6 Å². The molecule has 2 aliphatic heterocycles. The topological polar surface area (TPSA) is 94.5 Å². The Bertz CT molecular complexity index is 811. The fourth-order valence-electron chi connectivity index (χ4n) is 3.66. The van der Waals surface area contributed by atoms with E-state index in [1.54, 1.807) is 11.2 Å². The largest absolute Gasteiger partial charge is 0.465 e. The summed E-state index contributed by atoms with van der Waals surface area (Å²) >= 11 is 0. The van der Waals surface area contributed by atoms with E-state index in [0.717, 1.165) is 29.3 Å². The third-order valence-electron chi connectivity index (χ3n) is 5.09. The normalized spacial score (nSPS) is 20.7. The van der Waals surface area contributed by atoms with Gasteiger partial charge in [-0.1, -0.05) is 0 Å². The van der Waals surface area contributed by atoms with Gasteiger partial charge in [0, 0.05) is 26.1 Å². The van der Waals surface area contributed by atoms with E-state index in [4.69, 9.17) is 4.42 Å². The number of imidazole rings is 1. The van der Waals surface area contributed by atoms with Crippen molar-refractivity contribution in [1.82, 2.24) is 25.1 Å². The molecular weight excluding hydrogens is 334 g/mol.